The number of hydrogen-bond donors (Lipinski definition) is 0. The lowest BCUT2D eigenvalue weighted by atomic mass is 9.89. The van der Waals surface area contributed by atoms with E-state index in [1.807, 2.05) is 12.1 Å². The van der Waals surface area contributed by atoms with E-state index < -0.39 is 0 Å². The van der Waals surface area contributed by atoms with Gasteiger partial charge in [0, 0.05) is 16.5 Å². The summed E-state index contributed by atoms with van der Waals surface area (Å²) >= 11 is 3.54. The number of Topliss-reactive ketones (excluding diaryl/α,β-unsaturated/α-hetero) is 1. The molecule has 0 unspecified atom stereocenters. The Labute approximate surface area is 86.3 Å². The Balaban J connectivity index is 2.63. The molecule has 1 aliphatic rings. The largest absolute Gasteiger partial charge is 0.294 e. The lowest BCUT2D eigenvalue weighted by molar-refractivity contribution is 0.0972. The van der Waals surface area contributed by atoms with Gasteiger partial charge in [-0.15, -0.1) is 0 Å². The highest BCUT2D eigenvalue weighted by atomic mass is 79.9. The van der Waals surface area contributed by atoms with Gasteiger partial charge >= 0.3 is 0 Å². The molecule has 1 aliphatic carbocycles. The van der Waals surface area contributed by atoms with Gasteiger partial charge in [0.2, 0.25) is 0 Å². The summed E-state index contributed by atoms with van der Waals surface area (Å²) < 4.78 is 1.12. The number of hydrogen-bond acceptors (Lipinski definition) is 1. The monoisotopic (exact) mass is 238 g/mol. The van der Waals surface area contributed by atoms with E-state index in [-0.39, 0.29) is 0 Å². The molecule has 0 amide bonds. The van der Waals surface area contributed by atoms with Gasteiger partial charge in [-0.05, 0) is 30.9 Å². The van der Waals surface area contributed by atoms with Gasteiger partial charge in [0.25, 0.3) is 0 Å². The highest BCUT2D eigenvalue weighted by Crippen LogP contribution is 2.30. The molecular weight excluding hydrogens is 228 g/mol. The average molecular weight is 239 g/mol. The van der Waals surface area contributed by atoms with Crippen LogP contribution in [0.1, 0.15) is 34.3 Å². The third-order valence-electron chi connectivity index (χ3n) is 2.57. The molecule has 0 atom stereocenters. The number of carbonyl (C=O) groups excluding carboxylic acids is 1. The fraction of sp³-hybridized carbons (Fsp3) is 0.364. The Bertz CT molecular complexity index is 369. The second-order valence-corrected chi connectivity index (χ2v) is 4.29. The third kappa shape index (κ3) is 1.44. The van der Waals surface area contributed by atoms with Gasteiger partial charge in [-0.1, -0.05) is 28.1 Å². The molecule has 0 N–H and O–H groups in total. The molecule has 0 spiro atoms. The summed E-state index contributed by atoms with van der Waals surface area (Å²) in [4.78, 5) is 11.5. The zero-order valence-electron chi connectivity index (χ0n) is 7.56. The molecule has 2 rings (SSSR count). The molecule has 68 valence electrons. The molecule has 0 saturated carbocycles. The molecular formula is C11H11BrO. The van der Waals surface area contributed by atoms with Crippen molar-refractivity contribution >= 4 is 21.7 Å². The Morgan fingerprint density at radius 1 is 1.31 bits per heavy atom. The number of aryl methyl sites for hydroxylation is 1. The summed E-state index contributed by atoms with van der Waals surface area (Å²) in [5, 5.41) is 0. The standard InChI is InChI=1S/C11H11BrO/c1-7-5-6-8-9(11(7)12)3-2-4-10(8)13/h5-6H,2-4H2,1H3. The summed E-state index contributed by atoms with van der Waals surface area (Å²) in [6.45, 7) is 2.06. The smallest absolute Gasteiger partial charge is 0.163 e. The van der Waals surface area contributed by atoms with Crippen LogP contribution in [0.5, 0.6) is 0 Å². The lowest BCUT2D eigenvalue weighted by Gasteiger charge is -2.17. The summed E-state index contributed by atoms with van der Waals surface area (Å²) in [6.07, 6.45) is 2.74. The fourth-order valence-corrected chi connectivity index (χ4v) is 2.35. The molecule has 0 saturated heterocycles. The quantitative estimate of drug-likeness (QED) is 0.679. The molecule has 0 aromatic heterocycles. The summed E-state index contributed by atoms with van der Waals surface area (Å²) in [5.41, 5.74) is 3.34. The van der Waals surface area contributed by atoms with Crippen molar-refractivity contribution in [3.05, 3.63) is 33.3 Å². The van der Waals surface area contributed by atoms with Crippen molar-refractivity contribution in [2.75, 3.05) is 0 Å². The van der Waals surface area contributed by atoms with Crippen molar-refractivity contribution in [1.29, 1.82) is 0 Å². The van der Waals surface area contributed by atoms with Crippen LogP contribution in [0, 0.1) is 6.92 Å². The topological polar surface area (TPSA) is 17.1 Å². The predicted octanol–water partition coefficient (Wildman–Crippen LogP) is 3.28. The zero-order valence-corrected chi connectivity index (χ0v) is 9.15. The Hall–Kier alpha value is -0.630. The minimum Gasteiger partial charge on any atom is -0.294 e. The number of carbonyl (C=O) groups is 1. The maximum absolute atomic E-state index is 11.5. The maximum Gasteiger partial charge on any atom is 0.163 e. The molecule has 13 heavy (non-hydrogen) atoms. The van der Waals surface area contributed by atoms with E-state index in [9.17, 15) is 4.79 Å². The highest BCUT2D eigenvalue weighted by Gasteiger charge is 2.19. The van der Waals surface area contributed by atoms with Crippen LogP contribution in [0.3, 0.4) is 0 Å². The van der Waals surface area contributed by atoms with Crippen molar-refractivity contribution < 1.29 is 4.79 Å². The lowest BCUT2D eigenvalue weighted by Crippen LogP contribution is -2.11. The van der Waals surface area contributed by atoms with E-state index >= 15 is 0 Å². The van der Waals surface area contributed by atoms with E-state index in [1.165, 1.54) is 11.1 Å². The molecule has 0 bridgehead atoms. The van der Waals surface area contributed by atoms with Gasteiger partial charge in [-0.2, -0.15) is 0 Å². The maximum atomic E-state index is 11.5. The second-order valence-electron chi connectivity index (χ2n) is 3.50. The van der Waals surface area contributed by atoms with Crippen LogP contribution in [-0.4, -0.2) is 5.78 Å². The van der Waals surface area contributed by atoms with Crippen LogP contribution in [0.2, 0.25) is 0 Å². The van der Waals surface area contributed by atoms with E-state index in [2.05, 4.69) is 22.9 Å². The Morgan fingerprint density at radius 3 is 2.85 bits per heavy atom. The summed E-state index contributed by atoms with van der Waals surface area (Å²) in [7, 11) is 0. The number of fused-ring (bicyclic) bond motifs is 1. The van der Waals surface area contributed by atoms with Crippen molar-refractivity contribution in [2.24, 2.45) is 0 Å². The SMILES string of the molecule is Cc1ccc2c(c1Br)CCCC2=O. The van der Waals surface area contributed by atoms with Gasteiger partial charge < -0.3 is 0 Å². The fourth-order valence-electron chi connectivity index (χ4n) is 1.80. The zero-order chi connectivity index (χ0) is 9.42. The Kier molecular flexibility index (Phi) is 2.24. The van der Waals surface area contributed by atoms with Crippen LogP contribution in [-0.2, 0) is 6.42 Å². The minimum atomic E-state index is 0.293. The van der Waals surface area contributed by atoms with Crippen molar-refractivity contribution in [2.45, 2.75) is 26.2 Å². The van der Waals surface area contributed by atoms with Crippen LogP contribution < -0.4 is 0 Å². The predicted molar refractivity (Wildman–Crippen MR) is 56.1 cm³/mol. The molecule has 1 aromatic rings. The molecule has 1 aromatic carbocycles. The first kappa shape index (κ1) is 8.95. The van der Waals surface area contributed by atoms with Gasteiger partial charge in [-0.3, -0.25) is 4.79 Å². The average Bonchev–Trinajstić information content (AvgIpc) is 2.12. The molecule has 0 heterocycles. The number of rotatable bonds is 0. The Morgan fingerprint density at radius 2 is 2.08 bits per heavy atom. The van der Waals surface area contributed by atoms with Crippen molar-refractivity contribution in [3.63, 3.8) is 0 Å². The minimum absolute atomic E-state index is 0.293. The van der Waals surface area contributed by atoms with Crippen molar-refractivity contribution in [1.82, 2.24) is 0 Å². The molecule has 0 radical (unpaired) electrons. The normalized spacial score (nSPS) is 15.7. The first-order valence-corrected chi connectivity index (χ1v) is 5.30. The van der Waals surface area contributed by atoms with E-state index in [0.29, 0.717) is 12.2 Å². The van der Waals surface area contributed by atoms with Crippen LogP contribution >= 0.6 is 15.9 Å². The van der Waals surface area contributed by atoms with Gasteiger partial charge in [0.1, 0.15) is 0 Å². The molecule has 2 heteroatoms. The van der Waals surface area contributed by atoms with Gasteiger partial charge in [0.15, 0.2) is 5.78 Å². The third-order valence-corrected chi connectivity index (χ3v) is 3.67. The van der Waals surface area contributed by atoms with E-state index in [1.54, 1.807) is 0 Å². The van der Waals surface area contributed by atoms with Crippen molar-refractivity contribution in [3.8, 4) is 0 Å². The van der Waals surface area contributed by atoms with E-state index in [4.69, 9.17) is 0 Å². The number of benzene rings is 1. The molecule has 1 nitrogen and oxygen atoms in total. The number of ketones is 1. The summed E-state index contributed by atoms with van der Waals surface area (Å²) in [5.74, 6) is 0.293. The van der Waals surface area contributed by atoms with E-state index in [0.717, 1.165) is 22.9 Å². The summed E-state index contributed by atoms with van der Waals surface area (Å²) in [6, 6.07) is 3.96. The van der Waals surface area contributed by atoms with Crippen LogP contribution in [0.15, 0.2) is 16.6 Å². The van der Waals surface area contributed by atoms with Gasteiger partial charge in [0.05, 0.1) is 0 Å². The second kappa shape index (κ2) is 3.26. The van der Waals surface area contributed by atoms with Gasteiger partial charge in [-0.25, -0.2) is 0 Å². The highest BCUT2D eigenvalue weighted by molar-refractivity contribution is 9.10. The molecule has 0 aliphatic heterocycles. The first-order chi connectivity index (χ1) is 6.20. The van der Waals surface area contributed by atoms with Crippen LogP contribution in [0.4, 0.5) is 0 Å². The number of halogens is 1. The van der Waals surface area contributed by atoms with Crippen LogP contribution in [0.25, 0.3) is 0 Å². The first-order valence-electron chi connectivity index (χ1n) is 4.51. The molecule has 0 fully saturated rings.